The zero-order chi connectivity index (χ0) is 11.8. The van der Waals surface area contributed by atoms with Gasteiger partial charge in [-0.05, 0) is 36.3 Å². The summed E-state index contributed by atoms with van der Waals surface area (Å²) in [6, 6.07) is 2.68. The molecule has 0 fully saturated rings. The summed E-state index contributed by atoms with van der Waals surface area (Å²) in [6.07, 6.45) is 3.64. The van der Waals surface area contributed by atoms with Crippen molar-refractivity contribution in [3.8, 4) is 0 Å². The second kappa shape index (κ2) is 4.67. The van der Waals surface area contributed by atoms with E-state index < -0.39 is 0 Å². The van der Waals surface area contributed by atoms with Crippen LogP contribution in [-0.2, 0) is 6.42 Å². The van der Waals surface area contributed by atoms with Crippen LogP contribution in [0.3, 0.4) is 0 Å². The van der Waals surface area contributed by atoms with Gasteiger partial charge in [-0.3, -0.25) is 0 Å². The highest BCUT2D eigenvalue weighted by Crippen LogP contribution is 2.39. The van der Waals surface area contributed by atoms with Crippen LogP contribution in [-0.4, -0.2) is 6.54 Å². The summed E-state index contributed by atoms with van der Waals surface area (Å²) in [4.78, 5) is 1.48. The molecule has 90 valence electrons. The Labute approximate surface area is 107 Å². The summed E-state index contributed by atoms with van der Waals surface area (Å²) in [6.45, 7) is 7.97. The molecular formula is C13H20ClNS. The summed E-state index contributed by atoms with van der Waals surface area (Å²) < 4.78 is 0.936. The Morgan fingerprint density at radius 3 is 3.00 bits per heavy atom. The van der Waals surface area contributed by atoms with Gasteiger partial charge in [0, 0.05) is 17.5 Å². The van der Waals surface area contributed by atoms with Gasteiger partial charge < -0.3 is 5.32 Å². The minimum Gasteiger partial charge on any atom is -0.309 e. The van der Waals surface area contributed by atoms with Crippen molar-refractivity contribution in [3.63, 3.8) is 0 Å². The van der Waals surface area contributed by atoms with E-state index in [9.17, 15) is 0 Å². The molecule has 0 saturated carbocycles. The molecule has 0 aliphatic heterocycles. The van der Waals surface area contributed by atoms with E-state index in [0.717, 1.165) is 10.9 Å². The Morgan fingerprint density at radius 1 is 1.56 bits per heavy atom. The molecule has 3 heteroatoms. The Bertz CT molecular complexity index is 370. The number of nitrogens with one attached hydrogen (secondary N) is 1. The second-order valence-corrected chi connectivity index (χ2v) is 7.19. The molecule has 0 amide bonds. The van der Waals surface area contributed by atoms with Crippen LogP contribution < -0.4 is 5.32 Å². The third-order valence-electron chi connectivity index (χ3n) is 3.63. The van der Waals surface area contributed by atoms with E-state index in [1.165, 1.54) is 29.7 Å². The number of halogens is 1. The number of fused-ring (bicyclic) bond motifs is 1. The topological polar surface area (TPSA) is 12.0 Å². The van der Waals surface area contributed by atoms with Crippen LogP contribution in [0.15, 0.2) is 6.07 Å². The van der Waals surface area contributed by atoms with Crippen LogP contribution in [0.4, 0.5) is 0 Å². The van der Waals surface area contributed by atoms with Crippen LogP contribution in [0, 0.1) is 5.41 Å². The maximum absolute atomic E-state index is 6.05. The Hall–Kier alpha value is -0.0500. The minimum atomic E-state index is 0.391. The van der Waals surface area contributed by atoms with Gasteiger partial charge in [0.1, 0.15) is 0 Å². The first kappa shape index (κ1) is 12.4. The molecule has 1 unspecified atom stereocenters. The van der Waals surface area contributed by atoms with Crippen molar-refractivity contribution < 1.29 is 0 Å². The highest BCUT2D eigenvalue weighted by molar-refractivity contribution is 7.16. The normalized spacial score (nSPS) is 20.1. The number of hydrogen-bond donors (Lipinski definition) is 1. The van der Waals surface area contributed by atoms with Gasteiger partial charge in [0.15, 0.2) is 0 Å². The van der Waals surface area contributed by atoms with Crippen molar-refractivity contribution >= 4 is 22.9 Å². The lowest BCUT2D eigenvalue weighted by molar-refractivity contribution is 0.309. The zero-order valence-electron chi connectivity index (χ0n) is 10.3. The van der Waals surface area contributed by atoms with E-state index in [-0.39, 0.29) is 0 Å². The molecule has 2 rings (SSSR count). The molecule has 0 bridgehead atoms. The van der Waals surface area contributed by atoms with Crippen molar-refractivity contribution in [3.05, 3.63) is 20.8 Å². The molecule has 1 heterocycles. The minimum absolute atomic E-state index is 0.391. The average molecular weight is 258 g/mol. The Balaban J connectivity index is 1.98. The number of rotatable bonds is 4. The predicted molar refractivity (Wildman–Crippen MR) is 72.5 cm³/mol. The molecular weight excluding hydrogens is 238 g/mol. The van der Waals surface area contributed by atoms with Gasteiger partial charge in [-0.1, -0.05) is 32.4 Å². The lowest BCUT2D eigenvalue weighted by Crippen LogP contribution is -2.31. The third kappa shape index (κ3) is 2.61. The van der Waals surface area contributed by atoms with E-state index in [2.05, 4.69) is 32.2 Å². The predicted octanol–water partition coefficient (Wildman–Crippen LogP) is 4.41. The van der Waals surface area contributed by atoms with E-state index in [0.29, 0.717) is 11.5 Å². The van der Waals surface area contributed by atoms with E-state index in [4.69, 9.17) is 11.6 Å². The SMILES string of the molecule is CCC(C)(C)CNC1CCc2sc(Cl)cc21. The lowest BCUT2D eigenvalue weighted by Gasteiger charge is -2.25. The van der Waals surface area contributed by atoms with Crippen LogP contribution >= 0.6 is 22.9 Å². The third-order valence-corrected chi connectivity index (χ3v) is 4.97. The van der Waals surface area contributed by atoms with Crippen molar-refractivity contribution in [1.29, 1.82) is 0 Å². The van der Waals surface area contributed by atoms with Gasteiger partial charge in [0.2, 0.25) is 0 Å². The summed E-state index contributed by atoms with van der Waals surface area (Å²) in [5.74, 6) is 0. The summed E-state index contributed by atoms with van der Waals surface area (Å²) in [5, 5.41) is 3.69. The van der Waals surface area contributed by atoms with Crippen molar-refractivity contribution in [2.75, 3.05) is 6.54 Å². The summed E-state index contributed by atoms with van der Waals surface area (Å²) >= 11 is 7.80. The average Bonchev–Trinajstić information content (AvgIpc) is 2.74. The number of thiophene rings is 1. The van der Waals surface area contributed by atoms with Crippen molar-refractivity contribution in [2.24, 2.45) is 5.41 Å². The number of hydrogen-bond acceptors (Lipinski definition) is 2. The fraction of sp³-hybridized carbons (Fsp3) is 0.692. The monoisotopic (exact) mass is 257 g/mol. The van der Waals surface area contributed by atoms with Gasteiger partial charge in [-0.25, -0.2) is 0 Å². The smallest absolute Gasteiger partial charge is 0.0934 e. The maximum Gasteiger partial charge on any atom is 0.0934 e. The fourth-order valence-electron chi connectivity index (χ4n) is 2.07. The fourth-order valence-corrected chi connectivity index (χ4v) is 3.42. The van der Waals surface area contributed by atoms with Crippen LogP contribution in [0.5, 0.6) is 0 Å². The number of aryl methyl sites for hydroxylation is 1. The first-order valence-electron chi connectivity index (χ1n) is 6.03. The van der Waals surface area contributed by atoms with Crippen molar-refractivity contribution in [1.82, 2.24) is 5.32 Å². The van der Waals surface area contributed by atoms with E-state index >= 15 is 0 Å². The Kier molecular flexibility index (Phi) is 3.62. The zero-order valence-corrected chi connectivity index (χ0v) is 11.8. The largest absolute Gasteiger partial charge is 0.309 e. The summed E-state index contributed by atoms with van der Waals surface area (Å²) in [5.41, 5.74) is 1.84. The van der Waals surface area contributed by atoms with E-state index in [1.807, 2.05) is 0 Å². The molecule has 1 N–H and O–H groups in total. The standard InChI is InChI=1S/C13H20ClNS/c1-4-13(2,3)8-15-10-5-6-11-9(10)7-12(14)16-11/h7,10,15H,4-6,8H2,1-3H3. The molecule has 1 atom stereocenters. The van der Waals surface area contributed by atoms with Gasteiger partial charge in [0.25, 0.3) is 0 Å². The maximum atomic E-state index is 6.05. The van der Waals surface area contributed by atoms with Crippen molar-refractivity contribution in [2.45, 2.75) is 46.1 Å². The molecule has 1 nitrogen and oxygen atoms in total. The molecule has 1 aromatic heterocycles. The second-order valence-electron chi connectivity index (χ2n) is 5.42. The summed E-state index contributed by atoms with van der Waals surface area (Å²) in [7, 11) is 0. The van der Waals surface area contributed by atoms with E-state index in [1.54, 1.807) is 11.3 Å². The molecule has 1 aliphatic carbocycles. The molecule has 0 saturated heterocycles. The highest BCUT2D eigenvalue weighted by atomic mass is 35.5. The quantitative estimate of drug-likeness (QED) is 0.842. The van der Waals surface area contributed by atoms with Crippen LogP contribution in [0.1, 0.15) is 50.1 Å². The van der Waals surface area contributed by atoms with Gasteiger partial charge in [0.05, 0.1) is 4.34 Å². The van der Waals surface area contributed by atoms with Gasteiger partial charge >= 0.3 is 0 Å². The van der Waals surface area contributed by atoms with Gasteiger partial charge in [-0.2, -0.15) is 0 Å². The molecule has 16 heavy (non-hydrogen) atoms. The first-order valence-corrected chi connectivity index (χ1v) is 7.23. The molecule has 1 aliphatic rings. The van der Waals surface area contributed by atoms with Gasteiger partial charge in [-0.15, -0.1) is 11.3 Å². The molecule has 0 radical (unpaired) electrons. The lowest BCUT2D eigenvalue weighted by atomic mass is 9.90. The molecule has 0 aromatic carbocycles. The highest BCUT2D eigenvalue weighted by Gasteiger charge is 2.26. The molecule has 1 aromatic rings. The van der Waals surface area contributed by atoms with Crippen LogP contribution in [0.2, 0.25) is 4.34 Å². The van der Waals surface area contributed by atoms with Crippen LogP contribution in [0.25, 0.3) is 0 Å². The molecule has 0 spiro atoms. The Morgan fingerprint density at radius 2 is 2.31 bits per heavy atom. The first-order chi connectivity index (χ1) is 7.52.